The van der Waals surface area contributed by atoms with Crippen molar-refractivity contribution in [1.82, 2.24) is 15.1 Å². The average molecular weight is 452 g/mol. The Morgan fingerprint density at radius 2 is 1.83 bits per heavy atom. The van der Waals surface area contributed by atoms with Crippen molar-refractivity contribution in [3.63, 3.8) is 0 Å². The number of hydrogen-bond acceptors (Lipinski definition) is 5. The van der Waals surface area contributed by atoms with Gasteiger partial charge in [0.25, 0.3) is 0 Å². The van der Waals surface area contributed by atoms with E-state index in [-0.39, 0.29) is 70.8 Å². The second-order valence-electron chi connectivity index (χ2n) is 7.67. The fraction of sp³-hybridized carbons (Fsp3) is 0.842. The lowest BCUT2D eigenvalue weighted by atomic mass is 9.95. The summed E-state index contributed by atoms with van der Waals surface area (Å²) in [5, 5.41) is 2.90. The molecule has 0 spiro atoms. The van der Waals surface area contributed by atoms with Gasteiger partial charge in [-0.25, -0.2) is 4.79 Å². The third kappa shape index (κ3) is 6.77. The Morgan fingerprint density at radius 1 is 1.17 bits per heavy atom. The summed E-state index contributed by atoms with van der Waals surface area (Å²) in [5.74, 6) is 0.0322. The highest BCUT2D eigenvalue weighted by Gasteiger charge is 2.45. The maximum atomic E-state index is 13.2. The predicted molar refractivity (Wildman–Crippen MR) is 121 cm³/mol. The van der Waals surface area contributed by atoms with Gasteiger partial charge in [-0.3, -0.25) is 9.59 Å². The number of morpholine rings is 1. The molecule has 0 saturated carbocycles. The van der Waals surface area contributed by atoms with E-state index in [9.17, 15) is 14.4 Å². The molecule has 1 N–H and O–H groups in total. The van der Waals surface area contributed by atoms with Gasteiger partial charge in [-0.15, -0.1) is 0 Å². The first-order chi connectivity index (χ1) is 12.5. The van der Waals surface area contributed by atoms with E-state index in [4.69, 9.17) is 9.47 Å². The zero-order chi connectivity index (χ0) is 18.7. The normalized spacial score (nSPS) is 24.6. The van der Waals surface area contributed by atoms with Gasteiger partial charge in [0.05, 0.1) is 19.3 Å². The molecule has 3 aliphatic rings. The number of Topliss-reactive ketones (excluding diaryl/α,β-unsaturated/α-hetero) is 1. The summed E-state index contributed by atoms with van der Waals surface area (Å²) in [6, 6.07) is -1.36. The van der Waals surface area contributed by atoms with Crippen molar-refractivity contribution >= 4 is 44.7 Å². The second kappa shape index (κ2) is 12.7. The van der Waals surface area contributed by atoms with Gasteiger partial charge in [0.15, 0.2) is 5.78 Å². The van der Waals surface area contributed by atoms with Gasteiger partial charge >= 0.3 is 6.03 Å². The molecule has 0 aromatic carbocycles. The summed E-state index contributed by atoms with van der Waals surface area (Å²) in [6.45, 7) is 6.72. The van der Waals surface area contributed by atoms with Gasteiger partial charge in [0, 0.05) is 19.6 Å². The van der Waals surface area contributed by atoms with Crippen molar-refractivity contribution in [2.24, 2.45) is 5.92 Å². The molecule has 0 aromatic rings. The molecule has 170 valence electrons. The van der Waals surface area contributed by atoms with E-state index in [1.165, 1.54) is 0 Å². The molecule has 29 heavy (non-hydrogen) atoms. The average Bonchev–Trinajstić information content (AvgIpc) is 3.02. The molecule has 0 aromatic heterocycles. The smallest absolute Gasteiger partial charge is 0.318 e. The Morgan fingerprint density at radius 3 is 2.45 bits per heavy atom. The second-order valence-corrected chi connectivity index (χ2v) is 7.67. The van der Waals surface area contributed by atoms with E-state index >= 15 is 0 Å². The van der Waals surface area contributed by atoms with Crippen LogP contribution in [0.5, 0.6) is 0 Å². The third-order valence-corrected chi connectivity index (χ3v) is 5.23. The van der Waals surface area contributed by atoms with Crippen LogP contribution in [0.25, 0.3) is 0 Å². The van der Waals surface area contributed by atoms with Gasteiger partial charge in [-0.1, -0.05) is 21.3 Å². The highest BCUT2D eigenvalue weighted by molar-refractivity contribution is 7.59. The van der Waals surface area contributed by atoms with Crippen LogP contribution in [0.1, 0.15) is 40.5 Å². The third-order valence-electron chi connectivity index (χ3n) is 5.23. The minimum absolute atomic E-state index is 0. The van der Waals surface area contributed by atoms with Crippen LogP contribution in [0.4, 0.5) is 4.79 Å². The SMILES string of the molecule is C.CC(C)C[C@H](NC(=O)N1CCOCC1)C(=O)N1CCC[C@@H]2OCC(=O)[C@@H]21.S.S. The van der Waals surface area contributed by atoms with Gasteiger partial charge < -0.3 is 24.6 Å². The van der Waals surface area contributed by atoms with Gasteiger partial charge in [-0.05, 0) is 25.2 Å². The molecule has 3 rings (SSSR count). The summed E-state index contributed by atoms with van der Waals surface area (Å²) in [6.07, 6.45) is 1.95. The fourth-order valence-corrected chi connectivity index (χ4v) is 3.94. The molecule has 3 heterocycles. The number of ketones is 1. The van der Waals surface area contributed by atoms with Crippen molar-refractivity contribution in [3.05, 3.63) is 0 Å². The summed E-state index contributed by atoms with van der Waals surface area (Å²) in [7, 11) is 0. The number of likely N-dealkylation sites (tertiary alicyclic amines) is 1. The van der Waals surface area contributed by atoms with Crippen molar-refractivity contribution in [1.29, 1.82) is 0 Å². The molecule has 3 fully saturated rings. The highest BCUT2D eigenvalue weighted by Crippen LogP contribution is 2.27. The molecule has 0 bridgehead atoms. The van der Waals surface area contributed by atoms with Crippen LogP contribution >= 0.6 is 27.0 Å². The first-order valence-electron chi connectivity index (χ1n) is 9.55. The van der Waals surface area contributed by atoms with Crippen LogP contribution in [0.2, 0.25) is 0 Å². The monoisotopic (exact) mass is 451 g/mol. The van der Waals surface area contributed by atoms with Gasteiger partial charge in [-0.2, -0.15) is 27.0 Å². The maximum Gasteiger partial charge on any atom is 0.318 e. The van der Waals surface area contributed by atoms with E-state index in [0.717, 1.165) is 12.8 Å². The molecular weight excluding hydrogens is 414 g/mol. The quantitative estimate of drug-likeness (QED) is 0.695. The summed E-state index contributed by atoms with van der Waals surface area (Å²) in [5.41, 5.74) is 0. The van der Waals surface area contributed by atoms with Crippen LogP contribution in [0, 0.1) is 5.92 Å². The number of amides is 3. The Hall–Kier alpha value is -0.970. The van der Waals surface area contributed by atoms with Crippen molar-refractivity contribution < 1.29 is 23.9 Å². The van der Waals surface area contributed by atoms with E-state index in [1.807, 2.05) is 13.8 Å². The molecule has 3 atom stereocenters. The van der Waals surface area contributed by atoms with Crippen LogP contribution in [-0.4, -0.2) is 85.2 Å². The minimum atomic E-state index is -0.627. The number of nitrogens with zero attached hydrogens (tertiary/aromatic N) is 2. The Bertz CT molecular complexity index is 558. The summed E-state index contributed by atoms with van der Waals surface area (Å²) in [4.78, 5) is 41.3. The zero-order valence-corrected chi connectivity index (χ0v) is 18.6. The first kappa shape index (κ1) is 28.0. The van der Waals surface area contributed by atoms with Crippen LogP contribution in [-0.2, 0) is 19.1 Å². The molecular formula is C19H37N3O5S2. The first-order valence-corrected chi connectivity index (χ1v) is 9.55. The number of carbonyl (C=O) groups is 3. The summed E-state index contributed by atoms with van der Waals surface area (Å²) < 4.78 is 10.8. The number of ether oxygens (including phenoxy) is 2. The Labute approximate surface area is 187 Å². The molecule has 8 nitrogen and oxygen atoms in total. The number of piperidine rings is 1. The number of hydrogen-bond donors (Lipinski definition) is 1. The topological polar surface area (TPSA) is 88.2 Å². The highest BCUT2D eigenvalue weighted by atomic mass is 32.1. The molecule has 0 aliphatic carbocycles. The molecule has 0 unspecified atom stereocenters. The number of fused-ring (bicyclic) bond motifs is 1. The van der Waals surface area contributed by atoms with E-state index in [0.29, 0.717) is 39.3 Å². The van der Waals surface area contributed by atoms with Crippen molar-refractivity contribution in [2.45, 2.75) is 58.7 Å². The van der Waals surface area contributed by atoms with E-state index in [2.05, 4.69) is 5.32 Å². The van der Waals surface area contributed by atoms with E-state index in [1.54, 1.807) is 9.80 Å². The fourth-order valence-electron chi connectivity index (χ4n) is 3.94. The predicted octanol–water partition coefficient (Wildman–Crippen LogP) is 1.26. The van der Waals surface area contributed by atoms with Crippen molar-refractivity contribution in [3.8, 4) is 0 Å². The molecule has 3 aliphatic heterocycles. The lowest BCUT2D eigenvalue weighted by Crippen LogP contribution is -2.59. The molecule has 10 heteroatoms. The molecule has 3 amide bonds. The minimum Gasteiger partial charge on any atom is -0.378 e. The number of urea groups is 1. The largest absolute Gasteiger partial charge is 0.378 e. The Kier molecular flexibility index (Phi) is 12.2. The van der Waals surface area contributed by atoms with Gasteiger partial charge in [0.1, 0.15) is 18.7 Å². The Balaban J connectivity index is 0.00000261. The maximum absolute atomic E-state index is 13.2. The lowest BCUT2D eigenvalue weighted by Gasteiger charge is -2.38. The zero-order valence-electron chi connectivity index (χ0n) is 16.6. The number of carbonyl (C=O) groups excluding carboxylic acids is 3. The number of rotatable bonds is 4. The lowest BCUT2D eigenvalue weighted by molar-refractivity contribution is -0.142. The number of nitrogens with one attached hydrogen (secondary N) is 1. The van der Waals surface area contributed by atoms with Crippen LogP contribution < -0.4 is 5.32 Å². The van der Waals surface area contributed by atoms with Crippen LogP contribution in [0.3, 0.4) is 0 Å². The standard InChI is InChI=1S/C18H29N3O5.CH4.2H2S/c1-12(2)10-13(19-18(24)20-6-8-25-9-7-20)17(23)21-5-3-4-15-16(21)14(22)11-26-15;;;/h12-13,15-16H,3-11H2,1-2H3,(H,19,24);1H4;2*1H2/t13-,15-,16-;;;/m0.../s1. The summed E-state index contributed by atoms with van der Waals surface area (Å²) >= 11 is 0. The van der Waals surface area contributed by atoms with Crippen molar-refractivity contribution in [2.75, 3.05) is 39.5 Å². The molecule has 3 saturated heterocycles. The molecule has 0 radical (unpaired) electrons. The van der Waals surface area contributed by atoms with E-state index < -0.39 is 12.1 Å². The van der Waals surface area contributed by atoms with Gasteiger partial charge in [0.2, 0.25) is 5.91 Å². The van der Waals surface area contributed by atoms with Crippen LogP contribution in [0.15, 0.2) is 0 Å².